The molecule has 0 heterocycles. The minimum Gasteiger partial charge on any atom is -0.346 e. The van der Waals surface area contributed by atoms with Crippen molar-refractivity contribution in [2.45, 2.75) is 25.3 Å². The number of benzene rings is 2. The molecule has 0 aliphatic rings. The summed E-state index contributed by atoms with van der Waals surface area (Å²) in [6.07, 6.45) is 2.03. The summed E-state index contributed by atoms with van der Waals surface area (Å²) in [6.45, 7) is 0.310. The predicted molar refractivity (Wildman–Crippen MR) is 126 cm³/mol. The van der Waals surface area contributed by atoms with Crippen molar-refractivity contribution >= 4 is 47.3 Å². The SMILES string of the molecule is CN(C(=O)CNC(=O)[C@@H](N)CCCCN)c1ccc(Cl)cc1C(=O)c1ccccc1.Cl. The zero-order valence-corrected chi connectivity index (χ0v) is 18.9. The van der Waals surface area contributed by atoms with E-state index in [1.165, 1.54) is 11.0 Å². The Morgan fingerprint density at radius 1 is 1.10 bits per heavy atom. The number of anilines is 1. The largest absolute Gasteiger partial charge is 0.346 e. The first-order chi connectivity index (χ1) is 14.3. The van der Waals surface area contributed by atoms with E-state index in [9.17, 15) is 14.4 Å². The molecule has 0 aliphatic carbocycles. The van der Waals surface area contributed by atoms with Crippen LogP contribution < -0.4 is 21.7 Å². The molecule has 0 bridgehead atoms. The van der Waals surface area contributed by atoms with E-state index in [-0.39, 0.29) is 30.6 Å². The molecule has 2 aromatic carbocycles. The van der Waals surface area contributed by atoms with Gasteiger partial charge in [-0.05, 0) is 37.6 Å². The maximum absolute atomic E-state index is 12.9. The number of carbonyl (C=O) groups excluding carboxylic acids is 3. The second kappa shape index (κ2) is 13.1. The highest BCUT2D eigenvalue weighted by atomic mass is 35.5. The van der Waals surface area contributed by atoms with Crippen molar-refractivity contribution in [1.82, 2.24) is 5.32 Å². The number of nitrogens with two attached hydrogens (primary N) is 2. The fourth-order valence-electron chi connectivity index (χ4n) is 2.91. The van der Waals surface area contributed by atoms with Gasteiger partial charge in [-0.25, -0.2) is 0 Å². The normalized spacial score (nSPS) is 11.2. The first kappa shape index (κ1) is 26.6. The van der Waals surface area contributed by atoms with Crippen molar-refractivity contribution in [3.8, 4) is 0 Å². The zero-order chi connectivity index (χ0) is 22.1. The molecular formula is C22H28Cl2N4O3. The number of hydrogen-bond donors (Lipinski definition) is 3. The third kappa shape index (κ3) is 7.63. The number of ketones is 1. The summed E-state index contributed by atoms with van der Waals surface area (Å²) in [5.74, 6) is -1.04. The van der Waals surface area contributed by atoms with Crippen LogP contribution in [0.2, 0.25) is 5.02 Å². The Labute approximate surface area is 193 Å². The predicted octanol–water partition coefficient (Wildman–Crippen LogP) is 2.53. The molecular weight excluding hydrogens is 439 g/mol. The maximum Gasteiger partial charge on any atom is 0.246 e. The molecule has 0 spiro atoms. The van der Waals surface area contributed by atoms with E-state index in [0.717, 1.165) is 12.8 Å². The van der Waals surface area contributed by atoms with Crippen LogP contribution in [0.15, 0.2) is 48.5 Å². The summed E-state index contributed by atoms with van der Waals surface area (Å²) in [5.41, 5.74) is 12.5. The van der Waals surface area contributed by atoms with Crippen LogP contribution >= 0.6 is 24.0 Å². The molecule has 0 radical (unpaired) electrons. The lowest BCUT2D eigenvalue weighted by Crippen LogP contribution is -2.45. The van der Waals surface area contributed by atoms with Gasteiger partial charge in [-0.3, -0.25) is 14.4 Å². The van der Waals surface area contributed by atoms with E-state index < -0.39 is 11.9 Å². The Balaban J connectivity index is 0.00000480. The fraction of sp³-hybridized carbons (Fsp3) is 0.318. The van der Waals surface area contributed by atoms with Crippen molar-refractivity contribution in [3.63, 3.8) is 0 Å². The lowest BCUT2D eigenvalue weighted by Gasteiger charge is -2.21. The van der Waals surface area contributed by atoms with E-state index in [4.69, 9.17) is 23.1 Å². The molecule has 2 amide bonds. The van der Waals surface area contributed by atoms with Gasteiger partial charge in [0.2, 0.25) is 11.8 Å². The van der Waals surface area contributed by atoms with E-state index >= 15 is 0 Å². The monoisotopic (exact) mass is 466 g/mol. The summed E-state index contributed by atoms with van der Waals surface area (Å²) in [6, 6.07) is 12.8. The van der Waals surface area contributed by atoms with Crippen LogP contribution in [0.4, 0.5) is 5.69 Å². The summed E-state index contributed by atoms with van der Waals surface area (Å²) in [7, 11) is 1.54. The van der Waals surface area contributed by atoms with Crippen molar-refractivity contribution in [3.05, 3.63) is 64.7 Å². The highest BCUT2D eigenvalue weighted by molar-refractivity contribution is 6.31. The third-order valence-corrected chi connectivity index (χ3v) is 4.93. The topological polar surface area (TPSA) is 119 Å². The minimum absolute atomic E-state index is 0. The summed E-state index contributed by atoms with van der Waals surface area (Å²) in [5, 5.41) is 2.94. The van der Waals surface area contributed by atoms with Crippen LogP contribution in [0.1, 0.15) is 35.2 Å². The van der Waals surface area contributed by atoms with Crippen LogP contribution in [0.25, 0.3) is 0 Å². The van der Waals surface area contributed by atoms with Gasteiger partial charge in [-0.1, -0.05) is 48.4 Å². The zero-order valence-electron chi connectivity index (χ0n) is 17.3. The van der Waals surface area contributed by atoms with E-state index in [2.05, 4.69) is 5.32 Å². The van der Waals surface area contributed by atoms with Crippen LogP contribution in [-0.4, -0.2) is 43.8 Å². The molecule has 1 atom stereocenters. The Bertz CT molecular complexity index is 894. The molecule has 0 aliphatic heterocycles. The smallest absolute Gasteiger partial charge is 0.246 e. The van der Waals surface area contributed by atoms with Crippen LogP contribution in [0.3, 0.4) is 0 Å². The lowest BCUT2D eigenvalue weighted by molar-refractivity contribution is -0.125. The number of amides is 2. The van der Waals surface area contributed by atoms with Gasteiger partial charge in [-0.15, -0.1) is 12.4 Å². The first-order valence-electron chi connectivity index (χ1n) is 9.74. The van der Waals surface area contributed by atoms with Gasteiger partial charge in [0.1, 0.15) is 0 Å². The van der Waals surface area contributed by atoms with Crippen LogP contribution in [-0.2, 0) is 9.59 Å². The standard InChI is InChI=1S/C22H27ClN4O3.ClH/c1-27(20(28)14-26-22(30)18(25)9-5-6-12-24)19-11-10-16(23)13-17(19)21(29)15-7-3-2-4-8-15;/h2-4,7-8,10-11,13,18H,5-6,9,12,14,24-25H2,1H3,(H,26,30);1H/t18-;/m0./s1. The van der Waals surface area contributed by atoms with Gasteiger partial charge in [0.15, 0.2) is 5.78 Å². The summed E-state index contributed by atoms with van der Waals surface area (Å²) in [4.78, 5) is 39.0. The maximum atomic E-state index is 12.9. The molecule has 0 fully saturated rings. The minimum atomic E-state index is -0.694. The quantitative estimate of drug-likeness (QED) is 0.367. The summed E-state index contributed by atoms with van der Waals surface area (Å²) < 4.78 is 0. The van der Waals surface area contributed by atoms with Gasteiger partial charge >= 0.3 is 0 Å². The van der Waals surface area contributed by atoms with Crippen molar-refractivity contribution in [2.75, 3.05) is 25.0 Å². The van der Waals surface area contributed by atoms with Gasteiger partial charge in [0, 0.05) is 23.2 Å². The Hall–Kier alpha value is -2.45. The van der Waals surface area contributed by atoms with E-state index in [1.807, 2.05) is 6.07 Å². The van der Waals surface area contributed by atoms with Crippen LogP contribution in [0.5, 0.6) is 0 Å². The number of carbonyl (C=O) groups is 3. The molecule has 2 aromatic rings. The number of nitrogens with one attached hydrogen (secondary N) is 1. The molecule has 0 unspecified atom stereocenters. The van der Waals surface area contributed by atoms with Crippen molar-refractivity contribution in [1.29, 1.82) is 0 Å². The second-order valence-corrected chi connectivity index (χ2v) is 7.35. The molecule has 5 N–H and O–H groups in total. The first-order valence-corrected chi connectivity index (χ1v) is 10.1. The molecule has 168 valence electrons. The van der Waals surface area contributed by atoms with Crippen LogP contribution in [0, 0.1) is 0 Å². The number of rotatable bonds is 10. The van der Waals surface area contributed by atoms with E-state index in [0.29, 0.717) is 34.8 Å². The Morgan fingerprint density at radius 3 is 2.42 bits per heavy atom. The molecule has 9 heteroatoms. The molecule has 0 saturated heterocycles. The van der Waals surface area contributed by atoms with Crippen molar-refractivity contribution in [2.24, 2.45) is 11.5 Å². The number of likely N-dealkylation sites (N-methyl/N-ethyl adjacent to an activating group) is 1. The summed E-state index contributed by atoms with van der Waals surface area (Å²) >= 11 is 6.09. The Morgan fingerprint density at radius 2 is 1.77 bits per heavy atom. The molecule has 31 heavy (non-hydrogen) atoms. The third-order valence-electron chi connectivity index (χ3n) is 4.69. The van der Waals surface area contributed by atoms with Gasteiger partial charge < -0.3 is 21.7 Å². The number of unbranched alkanes of at least 4 members (excludes halogenated alkanes) is 1. The number of hydrogen-bond acceptors (Lipinski definition) is 5. The average Bonchev–Trinajstić information content (AvgIpc) is 2.76. The van der Waals surface area contributed by atoms with E-state index in [1.54, 1.807) is 43.4 Å². The molecule has 7 nitrogen and oxygen atoms in total. The molecule has 2 rings (SSSR count). The van der Waals surface area contributed by atoms with Crippen molar-refractivity contribution < 1.29 is 14.4 Å². The van der Waals surface area contributed by atoms with Gasteiger partial charge in [-0.2, -0.15) is 0 Å². The average molecular weight is 467 g/mol. The molecule has 0 saturated carbocycles. The number of nitrogens with zero attached hydrogens (tertiary/aromatic N) is 1. The van der Waals surface area contributed by atoms with Gasteiger partial charge in [0.05, 0.1) is 18.3 Å². The molecule has 0 aromatic heterocycles. The Kier molecular flexibility index (Phi) is 11.2. The highest BCUT2D eigenvalue weighted by Gasteiger charge is 2.21. The highest BCUT2D eigenvalue weighted by Crippen LogP contribution is 2.26. The fourth-order valence-corrected chi connectivity index (χ4v) is 3.09. The number of halogens is 2. The lowest BCUT2D eigenvalue weighted by atomic mass is 10.0. The second-order valence-electron chi connectivity index (χ2n) is 6.92. The van der Waals surface area contributed by atoms with Gasteiger partial charge in [0.25, 0.3) is 0 Å².